The van der Waals surface area contributed by atoms with Crippen LogP contribution in [0, 0.1) is 5.41 Å². The van der Waals surface area contributed by atoms with Crippen molar-refractivity contribution in [1.82, 2.24) is 0 Å². The summed E-state index contributed by atoms with van der Waals surface area (Å²) in [5.41, 5.74) is 0.469. The van der Waals surface area contributed by atoms with E-state index in [1.165, 1.54) is 0 Å². The van der Waals surface area contributed by atoms with E-state index in [1.54, 1.807) is 24.8 Å². The predicted molar refractivity (Wildman–Crippen MR) is 77.0 cm³/mol. The van der Waals surface area contributed by atoms with Crippen LogP contribution in [0.2, 0.25) is 0 Å². The fourth-order valence-corrected chi connectivity index (χ4v) is 2.60. The highest BCUT2D eigenvalue weighted by Gasteiger charge is 2.37. The first kappa shape index (κ1) is 12.7. The van der Waals surface area contributed by atoms with Gasteiger partial charge in [0.1, 0.15) is 0 Å². The molecule has 102 valence electrons. The Morgan fingerprint density at radius 2 is 1.85 bits per heavy atom. The van der Waals surface area contributed by atoms with Gasteiger partial charge in [-0.2, -0.15) is 0 Å². The summed E-state index contributed by atoms with van der Waals surface area (Å²) in [7, 11) is 0. The van der Waals surface area contributed by atoms with Gasteiger partial charge in [-0.1, -0.05) is 24.3 Å². The van der Waals surface area contributed by atoms with Gasteiger partial charge in [0, 0.05) is 17.5 Å². The molecule has 20 heavy (non-hydrogen) atoms. The molecule has 1 amide bonds. The molecule has 1 aliphatic heterocycles. The van der Waals surface area contributed by atoms with Crippen molar-refractivity contribution in [1.29, 1.82) is 0 Å². The number of anilines is 1. The van der Waals surface area contributed by atoms with Gasteiger partial charge in [0.15, 0.2) is 0 Å². The third-order valence-electron chi connectivity index (χ3n) is 3.78. The molecule has 0 aromatic heterocycles. The van der Waals surface area contributed by atoms with Crippen LogP contribution in [0.1, 0.15) is 24.2 Å². The Morgan fingerprint density at radius 1 is 1.20 bits per heavy atom. The molecule has 0 spiro atoms. The number of hydrogen-bond acceptors (Lipinski definition) is 2. The Balaban J connectivity index is 2.12. The molecular weight excluding hydrogens is 254 g/mol. The van der Waals surface area contributed by atoms with E-state index in [2.05, 4.69) is 0 Å². The van der Waals surface area contributed by atoms with E-state index >= 15 is 0 Å². The van der Waals surface area contributed by atoms with E-state index in [-0.39, 0.29) is 12.5 Å². The van der Waals surface area contributed by atoms with Crippen molar-refractivity contribution >= 4 is 28.3 Å². The molecule has 0 saturated heterocycles. The molecule has 2 aromatic rings. The van der Waals surface area contributed by atoms with Crippen molar-refractivity contribution in [2.75, 3.05) is 11.4 Å². The second kappa shape index (κ2) is 4.07. The van der Waals surface area contributed by atoms with E-state index in [4.69, 9.17) is 0 Å². The maximum Gasteiger partial charge on any atom is 0.310 e. The molecular formula is C16H15NO3. The van der Waals surface area contributed by atoms with Crippen molar-refractivity contribution in [2.24, 2.45) is 5.41 Å². The number of nitrogens with zero attached hydrogens (tertiary/aromatic N) is 1. The molecule has 3 rings (SSSR count). The molecule has 4 nitrogen and oxygen atoms in total. The van der Waals surface area contributed by atoms with Gasteiger partial charge < -0.3 is 10.0 Å². The molecule has 1 heterocycles. The standard InChI is InChI=1S/C16H15NO3/c1-16(2,15(19)20)9-17-12-8-4-6-10-5-3-7-11(13(10)12)14(17)18/h3-8H,9H2,1-2H3,(H,19,20). The fourth-order valence-electron chi connectivity index (χ4n) is 2.60. The monoisotopic (exact) mass is 269 g/mol. The lowest BCUT2D eigenvalue weighted by atomic mass is 9.93. The highest BCUT2D eigenvalue weighted by molar-refractivity contribution is 6.25. The number of benzene rings is 2. The molecule has 0 aliphatic carbocycles. The van der Waals surface area contributed by atoms with Crippen LogP contribution >= 0.6 is 0 Å². The Hall–Kier alpha value is -2.36. The minimum atomic E-state index is -0.986. The Bertz CT molecular complexity index is 728. The minimum absolute atomic E-state index is 0.119. The first-order valence-corrected chi connectivity index (χ1v) is 6.49. The largest absolute Gasteiger partial charge is 0.481 e. The van der Waals surface area contributed by atoms with E-state index < -0.39 is 11.4 Å². The number of carboxylic acids is 1. The molecule has 0 atom stereocenters. The van der Waals surface area contributed by atoms with Crippen LogP contribution in [0.15, 0.2) is 36.4 Å². The first-order valence-electron chi connectivity index (χ1n) is 6.49. The number of aliphatic carboxylic acids is 1. The zero-order chi connectivity index (χ0) is 14.5. The van der Waals surface area contributed by atoms with Crippen molar-refractivity contribution in [3.05, 3.63) is 42.0 Å². The zero-order valence-electron chi connectivity index (χ0n) is 11.4. The Morgan fingerprint density at radius 3 is 2.50 bits per heavy atom. The summed E-state index contributed by atoms with van der Waals surface area (Å²) in [4.78, 5) is 25.4. The van der Waals surface area contributed by atoms with E-state index in [9.17, 15) is 14.7 Å². The second-order valence-corrected chi connectivity index (χ2v) is 5.76. The van der Waals surface area contributed by atoms with Crippen LogP contribution in [0.25, 0.3) is 10.8 Å². The SMILES string of the molecule is CC(C)(CN1C(=O)c2cccc3cccc1c23)C(=O)O. The van der Waals surface area contributed by atoms with Crippen molar-refractivity contribution in [3.63, 3.8) is 0 Å². The highest BCUT2D eigenvalue weighted by atomic mass is 16.4. The number of hydrogen-bond donors (Lipinski definition) is 1. The average molecular weight is 269 g/mol. The smallest absolute Gasteiger partial charge is 0.310 e. The maximum absolute atomic E-state index is 12.5. The van der Waals surface area contributed by atoms with E-state index in [0.29, 0.717) is 5.56 Å². The van der Waals surface area contributed by atoms with Gasteiger partial charge in [-0.3, -0.25) is 9.59 Å². The van der Waals surface area contributed by atoms with Gasteiger partial charge in [-0.05, 0) is 31.4 Å². The molecule has 0 bridgehead atoms. The van der Waals surface area contributed by atoms with Crippen molar-refractivity contribution < 1.29 is 14.7 Å². The lowest BCUT2D eigenvalue weighted by Gasteiger charge is -2.27. The molecule has 0 unspecified atom stereocenters. The molecule has 0 radical (unpaired) electrons. The predicted octanol–water partition coefficient (Wildman–Crippen LogP) is 2.91. The lowest BCUT2D eigenvalue weighted by molar-refractivity contribution is -0.146. The van der Waals surface area contributed by atoms with Gasteiger partial charge in [-0.25, -0.2) is 0 Å². The summed E-state index contributed by atoms with van der Waals surface area (Å²) < 4.78 is 0. The number of carbonyl (C=O) groups is 2. The Labute approximate surface area is 116 Å². The summed E-state index contributed by atoms with van der Waals surface area (Å²) in [6, 6.07) is 11.3. The lowest BCUT2D eigenvalue weighted by Crippen LogP contribution is -2.40. The highest BCUT2D eigenvalue weighted by Crippen LogP contribution is 2.38. The summed E-state index contributed by atoms with van der Waals surface area (Å²) in [5, 5.41) is 11.2. The zero-order valence-corrected chi connectivity index (χ0v) is 11.4. The number of carbonyl (C=O) groups excluding carboxylic acids is 1. The average Bonchev–Trinajstić information content (AvgIpc) is 2.67. The van der Waals surface area contributed by atoms with E-state index in [1.807, 2.05) is 30.3 Å². The summed E-state index contributed by atoms with van der Waals surface area (Å²) >= 11 is 0. The normalized spacial score (nSPS) is 14.1. The first-order chi connectivity index (χ1) is 9.42. The van der Waals surface area contributed by atoms with Crippen LogP contribution in [0.5, 0.6) is 0 Å². The van der Waals surface area contributed by atoms with Crippen LogP contribution in [-0.2, 0) is 4.79 Å². The van der Waals surface area contributed by atoms with Gasteiger partial charge >= 0.3 is 5.97 Å². The van der Waals surface area contributed by atoms with E-state index in [0.717, 1.165) is 16.5 Å². The summed E-state index contributed by atoms with van der Waals surface area (Å²) in [5.74, 6) is -1.03. The number of amides is 1. The van der Waals surface area contributed by atoms with Crippen molar-refractivity contribution in [3.8, 4) is 0 Å². The van der Waals surface area contributed by atoms with Crippen LogP contribution in [-0.4, -0.2) is 23.5 Å². The molecule has 0 saturated carbocycles. The topological polar surface area (TPSA) is 57.6 Å². The minimum Gasteiger partial charge on any atom is -0.481 e. The van der Waals surface area contributed by atoms with Gasteiger partial charge in [-0.15, -0.1) is 0 Å². The fraction of sp³-hybridized carbons (Fsp3) is 0.250. The molecule has 1 aliphatic rings. The quantitative estimate of drug-likeness (QED) is 0.932. The third kappa shape index (κ3) is 1.68. The maximum atomic E-state index is 12.5. The van der Waals surface area contributed by atoms with Crippen LogP contribution in [0.3, 0.4) is 0 Å². The van der Waals surface area contributed by atoms with Gasteiger partial charge in [0.2, 0.25) is 0 Å². The van der Waals surface area contributed by atoms with Crippen LogP contribution < -0.4 is 4.90 Å². The second-order valence-electron chi connectivity index (χ2n) is 5.76. The van der Waals surface area contributed by atoms with Gasteiger partial charge in [0.25, 0.3) is 5.91 Å². The molecule has 4 heteroatoms. The molecule has 1 N–H and O–H groups in total. The molecule has 0 fully saturated rings. The number of rotatable bonds is 3. The summed E-state index contributed by atoms with van der Waals surface area (Å²) in [6.07, 6.45) is 0. The van der Waals surface area contributed by atoms with Crippen molar-refractivity contribution in [2.45, 2.75) is 13.8 Å². The summed E-state index contributed by atoms with van der Waals surface area (Å²) in [6.45, 7) is 3.42. The number of carboxylic acid groups (broad SMARTS) is 1. The van der Waals surface area contributed by atoms with Gasteiger partial charge in [0.05, 0.1) is 11.1 Å². The molecule has 2 aromatic carbocycles. The third-order valence-corrected chi connectivity index (χ3v) is 3.78. The van der Waals surface area contributed by atoms with Crippen LogP contribution in [0.4, 0.5) is 5.69 Å². The Kier molecular flexibility index (Phi) is 2.57.